The number of hydrogen-bond donors (Lipinski definition) is 4. The van der Waals surface area contributed by atoms with Gasteiger partial charge in [-0.15, -0.1) is 0 Å². The third kappa shape index (κ3) is 8.06. The van der Waals surface area contributed by atoms with Crippen LogP contribution in [0.2, 0.25) is 0 Å². The molecule has 4 heterocycles. The Hall–Kier alpha value is -5.34. The molecule has 2 atom stereocenters. The normalized spacial score (nSPS) is 17.2. The highest BCUT2D eigenvalue weighted by molar-refractivity contribution is 6.31. The van der Waals surface area contributed by atoms with Gasteiger partial charge in [-0.3, -0.25) is 19.3 Å². The summed E-state index contributed by atoms with van der Waals surface area (Å²) in [6.07, 6.45) is 5.87. The standard InChI is InChI=1S/C41H50FN9O4/c1-24(43-5)39(53)48-37(41(2,3)4)36(52)35-28(22-51-13-7-8-33(35)51)40(54)47-31-19-27-30(20-34(31)55-6)44-23-45-38(27)46-26-11-12-32(29(42)18-26)50-16-14-49(15-17-50)21-25-9-10-25/h7-8,11-13,18-20,23-25,37,43H,9-10,14-17,21-22H2,1-6H3,(H,47,54)(H,48,53)(H,44,45,46)/t24-,37+/m0/s1. The van der Waals surface area contributed by atoms with Gasteiger partial charge in [-0.25, -0.2) is 14.4 Å². The van der Waals surface area contributed by atoms with Crippen LogP contribution in [-0.4, -0.2) is 96.0 Å². The third-order valence-electron chi connectivity index (χ3n) is 10.8. The van der Waals surface area contributed by atoms with Gasteiger partial charge in [0.1, 0.15) is 23.7 Å². The third-order valence-corrected chi connectivity index (χ3v) is 10.8. The van der Waals surface area contributed by atoms with Crippen molar-refractivity contribution >= 4 is 57.0 Å². The Morgan fingerprint density at radius 2 is 1.80 bits per heavy atom. The van der Waals surface area contributed by atoms with Crippen molar-refractivity contribution in [1.29, 1.82) is 0 Å². The van der Waals surface area contributed by atoms with Gasteiger partial charge in [0.2, 0.25) is 5.91 Å². The Labute approximate surface area is 320 Å². The average molecular weight is 752 g/mol. The summed E-state index contributed by atoms with van der Waals surface area (Å²) in [6, 6.07) is 10.7. The van der Waals surface area contributed by atoms with Crippen LogP contribution in [0.4, 0.5) is 27.3 Å². The fourth-order valence-electron chi connectivity index (χ4n) is 7.32. The van der Waals surface area contributed by atoms with Gasteiger partial charge in [0.25, 0.3) is 5.91 Å². The number of rotatable bonds is 13. The summed E-state index contributed by atoms with van der Waals surface area (Å²) < 4.78 is 23.1. The molecule has 3 aliphatic rings. The smallest absolute Gasteiger partial charge is 0.254 e. The topological polar surface area (TPSA) is 146 Å². The molecule has 0 bridgehead atoms. The lowest BCUT2D eigenvalue weighted by Crippen LogP contribution is -2.53. The van der Waals surface area contributed by atoms with E-state index in [2.05, 4.69) is 41.0 Å². The highest BCUT2D eigenvalue weighted by Gasteiger charge is 2.40. The van der Waals surface area contributed by atoms with Gasteiger partial charge in [0, 0.05) is 61.6 Å². The molecule has 13 nitrogen and oxygen atoms in total. The zero-order chi connectivity index (χ0) is 39.0. The zero-order valence-corrected chi connectivity index (χ0v) is 32.3. The Kier molecular flexibility index (Phi) is 10.6. The number of anilines is 4. The molecule has 2 aromatic carbocycles. The number of halogens is 1. The van der Waals surface area contributed by atoms with Gasteiger partial charge >= 0.3 is 0 Å². The van der Waals surface area contributed by atoms with Gasteiger partial charge in [-0.1, -0.05) is 20.8 Å². The predicted molar refractivity (Wildman–Crippen MR) is 212 cm³/mol. The highest BCUT2D eigenvalue weighted by Crippen LogP contribution is 2.37. The van der Waals surface area contributed by atoms with Crippen LogP contribution >= 0.6 is 0 Å². The number of nitrogens with zero attached hydrogens (tertiary/aromatic N) is 5. The molecule has 2 aliphatic heterocycles. The van der Waals surface area contributed by atoms with Crippen molar-refractivity contribution in [2.45, 2.75) is 59.2 Å². The van der Waals surface area contributed by atoms with Gasteiger partial charge < -0.3 is 35.5 Å². The first-order valence-corrected chi connectivity index (χ1v) is 18.9. The summed E-state index contributed by atoms with van der Waals surface area (Å²) >= 11 is 0. The number of methoxy groups -OCH3 is 1. The van der Waals surface area contributed by atoms with E-state index in [1.165, 1.54) is 32.3 Å². The van der Waals surface area contributed by atoms with Crippen LogP contribution in [-0.2, 0) is 20.9 Å². The van der Waals surface area contributed by atoms with Crippen LogP contribution in [0, 0.1) is 17.2 Å². The monoisotopic (exact) mass is 751 g/mol. The van der Waals surface area contributed by atoms with Gasteiger partial charge in [0.05, 0.1) is 53.9 Å². The van der Waals surface area contributed by atoms with Crippen molar-refractivity contribution in [2.75, 3.05) is 62.4 Å². The Bertz CT molecular complexity index is 2150. The molecule has 0 unspecified atom stereocenters. The van der Waals surface area contributed by atoms with Crippen molar-refractivity contribution in [3.63, 3.8) is 0 Å². The second-order valence-electron chi connectivity index (χ2n) is 15.8. The number of ether oxygens (including phenoxy) is 1. The number of nitrogens with one attached hydrogen (secondary N) is 4. The fraction of sp³-hybridized carbons (Fsp3) is 0.439. The van der Waals surface area contributed by atoms with Crippen molar-refractivity contribution in [2.24, 2.45) is 11.3 Å². The first kappa shape index (κ1) is 38.0. The van der Waals surface area contributed by atoms with E-state index in [-0.39, 0.29) is 35.2 Å². The molecule has 2 fully saturated rings. The second-order valence-corrected chi connectivity index (χ2v) is 15.8. The minimum atomic E-state index is -0.905. The van der Waals surface area contributed by atoms with Crippen LogP contribution in [0.15, 0.2) is 60.6 Å². The summed E-state index contributed by atoms with van der Waals surface area (Å²) in [6.45, 7) is 12.1. The van der Waals surface area contributed by atoms with Gasteiger partial charge in [-0.05, 0) is 74.5 Å². The fourth-order valence-corrected chi connectivity index (χ4v) is 7.32. The van der Waals surface area contributed by atoms with Gasteiger partial charge in [0.15, 0.2) is 5.78 Å². The summed E-state index contributed by atoms with van der Waals surface area (Å²) in [7, 11) is 3.17. The summed E-state index contributed by atoms with van der Waals surface area (Å²) in [4.78, 5) is 55.1. The predicted octanol–water partition coefficient (Wildman–Crippen LogP) is 4.97. The van der Waals surface area contributed by atoms with Crippen LogP contribution in [0.5, 0.6) is 5.75 Å². The maximum absolute atomic E-state index is 15.6. The molecular formula is C41H50FN9O4. The van der Waals surface area contributed by atoms with E-state index in [0.717, 1.165) is 38.6 Å². The minimum Gasteiger partial charge on any atom is -0.494 e. The number of fused-ring (bicyclic) bond motifs is 2. The molecule has 4 N–H and O–H groups in total. The van der Waals surface area contributed by atoms with Crippen LogP contribution < -0.4 is 30.9 Å². The second kappa shape index (κ2) is 15.4. The first-order chi connectivity index (χ1) is 26.3. The number of likely N-dealkylation sites (N-methyl/N-ethyl adjacent to an activating group) is 1. The lowest BCUT2D eigenvalue weighted by Gasteiger charge is -2.36. The van der Waals surface area contributed by atoms with Crippen molar-refractivity contribution in [1.82, 2.24) is 30.1 Å². The quantitative estimate of drug-likeness (QED) is 0.148. The molecule has 4 aromatic rings. The number of amides is 2. The molecular weight excluding hydrogens is 702 g/mol. The summed E-state index contributed by atoms with van der Waals surface area (Å²) in [5.74, 6) is 0.109. The van der Waals surface area contributed by atoms with Crippen LogP contribution in [0.1, 0.15) is 46.2 Å². The molecule has 290 valence electrons. The Morgan fingerprint density at radius 3 is 2.47 bits per heavy atom. The largest absolute Gasteiger partial charge is 0.494 e. The molecule has 1 saturated carbocycles. The maximum atomic E-state index is 15.6. The van der Waals surface area contributed by atoms with Crippen LogP contribution in [0.3, 0.4) is 0 Å². The molecule has 1 saturated heterocycles. The minimum absolute atomic E-state index is 0.163. The number of ketones is 1. The summed E-state index contributed by atoms with van der Waals surface area (Å²) in [5, 5.41) is 12.6. The van der Waals surface area contributed by atoms with E-state index >= 15 is 4.39 Å². The number of hydrogen-bond acceptors (Lipinski definition) is 10. The lowest BCUT2D eigenvalue weighted by molar-refractivity contribution is -0.128. The first-order valence-electron chi connectivity index (χ1n) is 18.9. The molecule has 2 amide bonds. The molecule has 0 spiro atoms. The molecule has 2 aromatic heterocycles. The number of piperazine rings is 1. The molecule has 7 rings (SSSR count). The SMILES string of the molecule is CN[C@@H](C)C(=O)N[C@H](C(=O)C1=C(C(=O)Nc2cc3c(Nc4ccc(N5CCN(CC6CC6)CC5)c(F)c4)ncnc3cc2OC)Cn2cccc21)C(C)(C)C. The molecule has 55 heavy (non-hydrogen) atoms. The van der Waals surface area contributed by atoms with Crippen molar-refractivity contribution in [3.8, 4) is 5.75 Å². The number of carbonyl (C=O) groups is 3. The Morgan fingerprint density at radius 1 is 1.04 bits per heavy atom. The molecule has 14 heteroatoms. The number of Topliss-reactive ketones (excluding diaryl/α,β-unsaturated/α-hetero) is 1. The van der Waals surface area contributed by atoms with E-state index in [0.29, 0.717) is 45.2 Å². The van der Waals surface area contributed by atoms with E-state index < -0.39 is 23.4 Å². The highest BCUT2D eigenvalue weighted by atomic mass is 19.1. The van der Waals surface area contributed by atoms with E-state index in [1.54, 1.807) is 38.2 Å². The summed E-state index contributed by atoms with van der Waals surface area (Å²) in [5.41, 5.74) is 2.41. The van der Waals surface area contributed by atoms with Crippen molar-refractivity contribution < 1.29 is 23.5 Å². The number of benzene rings is 2. The maximum Gasteiger partial charge on any atom is 0.254 e. The number of carbonyl (C=O) groups excluding carboxylic acids is 3. The number of aromatic nitrogens is 3. The molecule has 1 aliphatic carbocycles. The Balaban J connectivity index is 1.14. The zero-order valence-electron chi connectivity index (χ0n) is 32.3. The average Bonchev–Trinajstić information content (AvgIpc) is 3.73. The van der Waals surface area contributed by atoms with Gasteiger partial charge in [-0.2, -0.15) is 0 Å². The van der Waals surface area contributed by atoms with Crippen LogP contribution in [0.25, 0.3) is 16.5 Å². The van der Waals surface area contributed by atoms with Crippen molar-refractivity contribution in [3.05, 3.63) is 72.1 Å². The lowest BCUT2D eigenvalue weighted by atomic mass is 9.80. The van der Waals surface area contributed by atoms with E-state index in [1.807, 2.05) is 43.7 Å². The van der Waals surface area contributed by atoms with E-state index in [9.17, 15) is 14.4 Å². The van der Waals surface area contributed by atoms with E-state index in [4.69, 9.17) is 4.74 Å². The molecule has 0 radical (unpaired) electrons.